The maximum Gasteiger partial charge on any atom is 0.262 e. The predicted molar refractivity (Wildman–Crippen MR) is 98.2 cm³/mol. The minimum absolute atomic E-state index is 0.0483. The molecule has 2 aromatic rings. The molecular weight excluding hydrogens is 330 g/mol. The van der Waals surface area contributed by atoms with E-state index in [1.165, 1.54) is 12.5 Å². The highest BCUT2D eigenvalue weighted by molar-refractivity contribution is 6.01. The summed E-state index contributed by atoms with van der Waals surface area (Å²) in [4.78, 5) is 18.3. The molecule has 0 aromatic carbocycles. The molecule has 1 saturated heterocycles. The van der Waals surface area contributed by atoms with E-state index in [1.807, 2.05) is 22.9 Å². The third-order valence-electron chi connectivity index (χ3n) is 4.37. The third kappa shape index (κ3) is 4.76. The quantitative estimate of drug-likeness (QED) is 0.470. The van der Waals surface area contributed by atoms with E-state index in [0.717, 1.165) is 44.8 Å². The smallest absolute Gasteiger partial charge is 0.262 e. The number of hydrogen-bond donors (Lipinski definition) is 1. The first-order valence-corrected chi connectivity index (χ1v) is 8.97. The van der Waals surface area contributed by atoms with Gasteiger partial charge < -0.3 is 19.2 Å². The summed E-state index contributed by atoms with van der Waals surface area (Å²) in [6.45, 7) is 3.23. The summed E-state index contributed by atoms with van der Waals surface area (Å²) in [5.41, 5.74) is 0.0483. The fourth-order valence-electron chi connectivity index (χ4n) is 2.97. The van der Waals surface area contributed by atoms with E-state index in [9.17, 15) is 10.1 Å². The Labute approximate surface area is 152 Å². The predicted octanol–water partition coefficient (Wildman–Crippen LogP) is 2.58. The number of aryl methyl sites for hydroxylation is 1. The Balaban J connectivity index is 1.52. The van der Waals surface area contributed by atoms with Crippen molar-refractivity contribution < 1.29 is 9.21 Å². The Hall–Kier alpha value is -3.01. The number of nitrogens with zero attached hydrogens (tertiary/aromatic N) is 4. The molecule has 7 nitrogen and oxygen atoms in total. The number of nitrogens with one attached hydrogen (secondary N) is 1. The molecule has 0 aliphatic carbocycles. The van der Waals surface area contributed by atoms with Crippen LogP contribution in [0.5, 0.6) is 0 Å². The molecule has 1 fully saturated rings. The molecular formula is C19H23N5O2. The largest absolute Gasteiger partial charge is 0.441 e. The molecule has 1 N–H and O–H groups in total. The van der Waals surface area contributed by atoms with Gasteiger partial charge in [-0.3, -0.25) is 4.79 Å². The van der Waals surface area contributed by atoms with Gasteiger partial charge in [-0.2, -0.15) is 5.26 Å². The van der Waals surface area contributed by atoms with Gasteiger partial charge >= 0.3 is 0 Å². The Kier molecular flexibility index (Phi) is 6.09. The normalized spacial score (nSPS) is 14.9. The second-order valence-electron chi connectivity index (χ2n) is 6.30. The molecule has 0 bridgehead atoms. The molecule has 1 amide bonds. The number of furan rings is 1. The summed E-state index contributed by atoms with van der Waals surface area (Å²) in [5.74, 6) is 0.943. The van der Waals surface area contributed by atoms with Crippen LogP contribution in [0.1, 0.15) is 31.4 Å². The zero-order valence-corrected chi connectivity index (χ0v) is 14.7. The second kappa shape index (κ2) is 8.90. The van der Waals surface area contributed by atoms with Crippen LogP contribution in [-0.2, 0) is 11.3 Å². The van der Waals surface area contributed by atoms with Gasteiger partial charge in [-0.15, -0.1) is 0 Å². The van der Waals surface area contributed by atoms with Crippen molar-refractivity contribution >= 4 is 17.9 Å². The summed E-state index contributed by atoms with van der Waals surface area (Å²) in [5, 5.41) is 12.0. The van der Waals surface area contributed by atoms with Gasteiger partial charge in [0.05, 0.1) is 6.33 Å². The Bertz CT molecular complexity index is 779. The molecule has 7 heteroatoms. The lowest BCUT2D eigenvalue weighted by Gasteiger charge is -2.25. The molecule has 0 spiro atoms. The van der Waals surface area contributed by atoms with Crippen molar-refractivity contribution in [1.29, 1.82) is 5.26 Å². The highest BCUT2D eigenvalue weighted by atomic mass is 16.4. The number of anilines is 1. The maximum absolute atomic E-state index is 12.2. The first-order chi connectivity index (χ1) is 12.8. The number of rotatable bonds is 7. The van der Waals surface area contributed by atoms with Crippen molar-refractivity contribution in [2.24, 2.45) is 0 Å². The number of carbonyl (C=O) groups is 1. The van der Waals surface area contributed by atoms with E-state index in [4.69, 9.17) is 4.42 Å². The van der Waals surface area contributed by atoms with Crippen LogP contribution >= 0.6 is 0 Å². The number of piperidine rings is 1. The summed E-state index contributed by atoms with van der Waals surface area (Å²) < 4.78 is 7.73. The Morgan fingerprint density at radius 3 is 2.92 bits per heavy atom. The SMILES string of the molecule is N#C/C(=C\c1ccc(N2CCCCC2)o1)C(=O)NCCCn1ccnc1. The van der Waals surface area contributed by atoms with Gasteiger partial charge in [0.15, 0.2) is 5.88 Å². The second-order valence-corrected chi connectivity index (χ2v) is 6.30. The number of nitriles is 1. The van der Waals surface area contributed by atoms with Crippen molar-refractivity contribution in [2.45, 2.75) is 32.2 Å². The monoisotopic (exact) mass is 353 g/mol. The lowest BCUT2D eigenvalue weighted by Crippen LogP contribution is -2.28. The van der Waals surface area contributed by atoms with Crippen molar-refractivity contribution in [2.75, 3.05) is 24.5 Å². The van der Waals surface area contributed by atoms with E-state index >= 15 is 0 Å². The minimum Gasteiger partial charge on any atom is -0.441 e. The van der Waals surface area contributed by atoms with Crippen LogP contribution in [0.3, 0.4) is 0 Å². The van der Waals surface area contributed by atoms with Crippen molar-refractivity contribution in [3.8, 4) is 6.07 Å². The van der Waals surface area contributed by atoms with Crippen LogP contribution in [0, 0.1) is 11.3 Å². The van der Waals surface area contributed by atoms with Crippen molar-refractivity contribution in [3.05, 3.63) is 42.2 Å². The van der Waals surface area contributed by atoms with Gasteiger partial charge in [-0.25, -0.2) is 4.98 Å². The van der Waals surface area contributed by atoms with Crippen LogP contribution in [0.25, 0.3) is 6.08 Å². The Morgan fingerprint density at radius 1 is 1.35 bits per heavy atom. The van der Waals surface area contributed by atoms with E-state index in [0.29, 0.717) is 12.3 Å². The van der Waals surface area contributed by atoms with Gasteiger partial charge in [0, 0.05) is 50.7 Å². The van der Waals surface area contributed by atoms with E-state index in [-0.39, 0.29) is 11.5 Å². The minimum atomic E-state index is -0.381. The standard InChI is InChI=1S/C19H23N5O2/c20-14-16(19(25)22-7-4-9-23-12-8-21-15-23)13-17-5-6-18(26-17)24-10-2-1-3-11-24/h5-6,8,12-13,15H,1-4,7,9-11H2,(H,22,25)/b16-13+. The molecule has 0 saturated carbocycles. The summed E-state index contributed by atoms with van der Waals surface area (Å²) >= 11 is 0. The van der Waals surface area contributed by atoms with Crippen LogP contribution in [0.15, 0.2) is 40.8 Å². The van der Waals surface area contributed by atoms with Gasteiger partial charge in [0.2, 0.25) is 0 Å². The molecule has 1 aliphatic rings. The molecule has 0 atom stereocenters. The highest BCUT2D eigenvalue weighted by Crippen LogP contribution is 2.23. The van der Waals surface area contributed by atoms with Gasteiger partial charge in [0.1, 0.15) is 17.4 Å². The summed E-state index contributed by atoms with van der Waals surface area (Å²) in [6, 6.07) is 5.65. The maximum atomic E-state index is 12.2. The van der Waals surface area contributed by atoms with E-state index in [2.05, 4.69) is 15.2 Å². The van der Waals surface area contributed by atoms with Gasteiger partial charge in [0.25, 0.3) is 5.91 Å². The fraction of sp³-hybridized carbons (Fsp3) is 0.421. The topological polar surface area (TPSA) is 87.1 Å². The summed E-state index contributed by atoms with van der Waals surface area (Å²) in [7, 11) is 0. The molecule has 3 heterocycles. The molecule has 26 heavy (non-hydrogen) atoms. The molecule has 0 unspecified atom stereocenters. The van der Waals surface area contributed by atoms with Crippen LogP contribution < -0.4 is 10.2 Å². The van der Waals surface area contributed by atoms with Crippen molar-refractivity contribution in [1.82, 2.24) is 14.9 Å². The Morgan fingerprint density at radius 2 is 2.19 bits per heavy atom. The average Bonchev–Trinajstić information content (AvgIpc) is 3.36. The summed E-state index contributed by atoms with van der Waals surface area (Å²) in [6.07, 6.45) is 11.2. The van der Waals surface area contributed by atoms with E-state index < -0.39 is 0 Å². The van der Waals surface area contributed by atoms with Crippen molar-refractivity contribution in [3.63, 3.8) is 0 Å². The van der Waals surface area contributed by atoms with Gasteiger partial charge in [-0.1, -0.05) is 0 Å². The third-order valence-corrected chi connectivity index (χ3v) is 4.37. The lowest BCUT2D eigenvalue weighted by atomic mass is 10.1. The zero-order chi connectivity index (χ0) is 18.2. The molecule has 2 aromatic heterocycles. The van der Waals surface area contributed by atoms with Crippen LogP contribution in [-0.4, -0.2) is 35.1 Å². The first-order valence-electron chi connectivity index (χ1n) is 8.97. The fourth-order valence-corrected chi connectivity index (χ4v) is 2.97. The van der Waals surface area contributed by atoms with E-state index in [1.54, 1.807) is 18.6 Å². The molecule has 3 rings (SSSR count). The number of hydrogen-bond acceptors (Lipinski definition) is 5. The number of imidazole rings is 1. The average molecular weight is 353 g/mol. The van der Waals surface area contributed by atoms with Crippen LogP contribution in [0.4, 0.5) is 5.88 Å². The number of carbonyl (C=O) groups excluding carboxylic acids is 1. The zero-order valence-electron chi connectivity index (χ0n) is 14.7. The van der Waals surface area contributed by atoms with Crippen LogP contribution in [0.2, 0.25) is 0 Å². The van der Waals surface area contributed by atoms with Gasteiger partial charge in [-0.05, 0) is 31.7 Å². The number of amides is 1. The number of aromatic nitrogens is 2. The lowest BCUT2D eigenvalue weighted by molar-refractivity contribution is -0.117. The highest BCUT2D eigenvalue weighted by Gasteiger charge is 2.15. The molecule has 0 radical (unpaired) electrons. The molecule has 1 aliphatic heterocycles. The molecule has 136 valence electrons. The first kappa shape index (κ1) is 17.8.